The third-order valence-corrected chi connectivity index (χ3v) is 5.30. The predicted octanol–water partition coefficient (Wildman–Crippen LogP) is 2.34. The summed E-state index contributed by atoms with van der Waals surface area (Å²) in [7, 11) is 1.60. The maximum Gasteiger partial charge on any atom is 0.226 e. The minimum atomic E-state index is -0.0501. The lowest BCUT2D eigenvalue weighted by atomic mass is 10.0. The van der Waals surface area contributed by atoms with E-state index in [1.54, 1.807) is 7.11 Å². The van der Waals surface area contributed by atoms with Crippen LogP contribution in [0.3, 0.4) is 0 Å². The van der Waals surface area contributed by atoms with Gasteiger partial charge in [-0.05, 0) is 37.2 Å². The number of nitrogens with zero attached hydrogens (tertiary/aromatic N) is 2. The Hall–Kier alpha value is -2.12. The van der Waals surface area contributed by atoms with Gasteiger partial charge < -0.3 is 25.7 Å². The molecule has 0 radical (unpaired) electrons. The van der Waals surface area contributed by atoms with Gasteiger partial charge in [-0.15, -0.1) is 0 Å². The third kappa shape index (κ3) is 3.41. The fourth-order valence-corrected chi connectivity index (χ4v) is 3.85. The number of carbonyl (C=O) groups excluding carboxylic acids is 1. The van der Waals surface area contributed by atoms with Crippen LogP contribution >= 0.6 is 0 Å². The number of pyridine rings is 1. The number of hydrogen-bond donors (Lipinski definition) is 3. The Labute approximate surface area is 153 Å². The van der Waals surface area contributed by atoms with Crippen LogP contribution in [0.1, 0.15) is 43.6 Å². The van der Waals surface area contributed by atoms with Crippen molar-refractivity contribution in [2.75, 3.05) is 37.0 Å². The molecule has 0 aromatic carbocycles. The molecule has 26 heavy (non-hydrogen) atoms. The van der Waals surface area contributed by atoms with Gasteiger partial charge in [0.15, 0.2) is 0 Å². The second kappa shape index (κ2) is 7.25. The molecule has 2 aromatic rings. The predicted molar refractivity (Wildman–Crippen MR) is 103 cm³/mol. The van der Waals surface area contributed by atoms with E-state index >= 15 is 0 Å². The number of ether oxygens (including phenoxy) is 1. The number of fused-ring (bicyclic) bond motifs is 1. The average Bonchev–Trinajstić information content (AvgIpc) is 3.41. The van der Waals surface area contributed by atoms with Crippen molar-refractivity contribution in [3.05, 3.63) is 18.0 Å². The highest BCUT2D eigenvalue weighted by Crippen LogP contribution is 2.48. The Balaban J connectivity index is 1.74. The number of carbonyl (C=O) groups is 1. The molecule has 1 aliphatic carbocycles. The van der Waals surface area contributed by atoms with Gasteiger partial charge in [0.25, 0.3) is 0 Å². The van der Waals surface area contributed by atoms with E-state index < -0.39 is 0 Å². The Bertz CT molecular complexity index is 799. The van der Waals surface area contributed by atoms with Gasteiger partial charge in [-0.25, -0.2) is 4.98 Å². The molecule has 140 valence electrons. The molecule has 7 nitrogen and oxygen atoms in total. The number of methoxy groups -OCH3 is 1. The summed E-state index contributed by atoms with van der Waals surface area (Å²) in [4.78, 5) is 22.4. The highest BCUT2D eigenvalue weighted by Gasteiger charge is 2.32. The van der Waals surface area contributed by atoms with Gasteiger partial charge >= 0.3 is 0 Å². The number of nitrogens with two attached hydrogens (primary N) is 1. The van der Waals surface area contributed by atoms with Crippen molar-refractivity contribution in [2.24, 2.45) is 5.73 Å². The molecule has 0 spiro atoms. The number of hydrogen-bond acceptors (Lipinski definition) is 5. The summed E-state index contributed by atoms with van der Waals surface area (Å²) in [5.74, 6) is 0.526. The van der Waals surface area contributed by atoms with Crippen molar-refractivity contribution in [3.8, 4) is 0 Å². The molecule has 4 rings (SSSR count). The second-order valence-electron chi connectivity index (χ2n) is 7.40. The summed E-state index contributed by atoms with van der Waals surface area (Å²) in [6.07, 6.45) is 8.75. The molecule has 3 heterocycles. The Morgan fingerprint density at radius 1 is 1.46 bits per heavy atom. The summed E-state index contributed by atoms with van der Waals surface area (Å²) >= 11 is 0. The van der Waals surface area contributed by atoms with Gasteiger partial charge in [0.2, 0.25) is 5.91 Å². The average molecular weight is 357 g/mol. The Morgan fingerprint density at radius 2 is 2.31 bits per heavy atom. The fourth-order valence-electron chi connectivity index (χ4n) is 3.85. The quantitative estimate of drug-likeness (QED) is 0.737. The van der Waals surface area contributed by atoms with Crippen molar-refractivity contribution < 1.29 is 9.53 Å². The van der Waals surface area contributed by atoms with Crippen LogP contribution in [-0.4, -0.2) is 48.7 Å². The molecular formula is C19H27N5O2. The minimum Gasteiger partial charge on any atom is -0.384 e. The van der Waals surface area contributed by atoms with E-state index in [4.69, 9.17) is 10.5 Å². The topological polar surface area (TPSA) is 96.3 Å². The number of amides is 1. The molecule has 1 saturated heterocycles. The smallest absolute Gasteiger partial charge is 0.226 e. The summed E-state index contributed by atoms with van der Waals surface area (Å²) in [6, 6.07) is 0.192. The molecule has 7 heteroatoms. The molecule has 1 atom stereocenters. The number of piperidine rings is 1. The van der Waals surface area contributed by atoms with Gasteiger partial charge in [0.05, 0.1) is 29.8 Å². The molecule has 2 fully saturated rings. The first-order chi connectivity index (χ1) is 12.7. The molecule has 1 aliphatic heterocycles. The first kappa shape index (κ1) is 17.3. The highest BCUT2D eigenvalue weighted by atomic mass is 16.5. The molecule has 1 saturated carbocycles. The molecular weight excluding hydrogens is 330 g/mol. The van der Waals surface area contributed by atoms with Crippen LogP contribution in [0.15, 0.2) is 12.4 Å². The van der Waals surface area contributed by atoms with Crippen LogP contribution in [0.25, 0.3) is 11.0 Å². The number of aromatic nitrogens is 2. The van der Waals surface area contributed by atoms with Crippen molar-refractivity contribution in [1.29, 1.82) is 0 Å². The summed E-state index contributed by atoms with van der Waals surface area (Å²) in [5.41, 5.74) is 10.4. The summed E-state index contributed by atoms with van der Waals surface area (Å²) in [5, 5.41) is 4.04. The normalized spacial score (nSPS) is 20.5. The van der Waals surface area contributed by atoms with Gasteiger partial charge in [-0.1, -0.05) is 0 Å². The van der Waals surface area contributed by atoms with Crippen LogP contribution in [0, 0.1) is 0 Å². The van der Waals surface area contributed by atoms with E-state index in [-0.39, 0.29) is 11.9 Å². The standard InChI is InChI=1S/C19H27N5O2/c1-26-8-6-16(25)23-15-10-22-19-17(15)18(14(9-21-19)12-4-5-12)24-7-2-3-13(20)11-24/h9-10,12-13H,2-8,11,20H2,1H3,(H,21,22)(H,23,25). The van der Waals surface area contributed by atoms with Crippen LogP contribution in [0.4, 0.5) is 11.4 Å². The molecule has 1 unspecified atom stereocenters. The van der Waals surface area contributed by atoms with E-state index in [2.05, 4.69) is 20.2 Å². The van der Waals surface area contributed by atoms with Gasteiger partial charge in [0, 0.05) is 38.6 Å². The van der Waals surface area contributed by atoms with Crippen LogP contribution in [0.2, 0.25) is 0 Å². The van der Waals surface area contributed by atoms with Crippen molar-refractivity contribution in [1.82, 2.24) is 9.97 Å². The van der Waals surface area contributed by atoms with Crippen molar-refractivity contribution in [3.63, 3.8) is 0 Å². The zero-order valence-corrected chi connectivity index (χ0v) is 15.3. The SMILES string of the molecule is COCCC(=O)Nc1c[nH]c2ncc(C3CC3)c(N3CCCC(N)C3)c12. The van der Waals surface area contributed by atoms with Crippen molar-refractivity contribution in [2.45, 2.75) is 44.1 Å². The number of nitrogens with one attached hydrogen (secondary N) is 2. The van der Waals surface area contributed by atoms with Crippen molar-refractivity contribution >= 4 is 28.3 Å². The van der Waals surface area contributed by atoms with E-state index in [0.717, 1.165) is 42.7 Å². The zero-order chi connectivity index (χ0) is 18.1. The number of anilines is 2. The molecule has 2 aromatic heterocycles. The molecule has 4 N–H and O–H groups in total. The van der Waals surface area contributed by atoms with E-state index in [1.807, 2.05) is 12.4 Å². The monoisotopic (exact) mass is 357 g/mol. The summed E-state index contributed by atoms with van der Waals surface area (Å²) < 4.78 is 5.01. The largest absolute Gasteiger partial charge is 0.384 e. The first-order valence-electron chi connectivity index (χ1n) is 9.46. The van der Waals surface area contributed by atoms with Gasteiger partial charge in [-0.3, -0.25) is 4.79 Å². The lowest BCUT2D eigenvalue weighted by Gasteiger charge is -2.34. The lowest BCUT2D eigenvalue weighted by Crippen LogP contribution is -2.43. The third-order valence-electron chi connectivity index (χ3n) is 5.30. The number of H-pyrrole nitrogens is 1. The van der Waals surface area contributed by atoms with E-state index in [9.17, 15) is 4.79 Å². The number of aromatic amines is 1. The van der Waals surface area contributed by atoms with E-state index in [1.165, 1.54) is 24.1 Å². The molecule has 1 amide bonds. The molecule has 2 aliphatic rings. The lowest BCUT2D eigenvalue weighted by molar-refractivity contribution is -0.117. The maximum atomic E-state index is 12.2. The fraction of sp³-hybridized carbons (Fsp3) is 0.579. The molecule has 0 bridgehead atoms. The Morgan fingerprint density at radius 3 is 3.04 bits per heavy atom. The first-order valence-corrected chi connectivity index (χ1v) is 9.46. The number of rotatable bonds is 6. The van der Waals surface area contributed by atoms with Crippen LogP contribution in [0.5, 0.6) is 0 Å². The van der Waals surface area contributed by atoms with E-state index in [0.29, 0.717) is 18.9 Å². The highest BCUT2D eigenvalue weighted by molar-refractivity contribution is 6.07. The van der Waals surface area contributed by atoms with Gasteiger partial charge in [-0.2, -0.15) is 0 Å². The minimum absolute atomic E-state index is 0.0501. The maximum absolute atomic E-state index is 12.2. The second-order valence-corrected chi connectivity index (χ2v) is 7.40. The van der Waals surface area contributed by atoms with Crippen LogP contribution in [-0.2, 0) is 9.53 Å². The Kier molecular flexibility index (Phi) is 4.82. The zero-order valence-electron chi connectivity index (χ0n) is 15.3. The van der Waals surface area contributed by atoms with Crippen LogP contribution < -0.4 is 16.0 Å². The van der Waals surface area contributed by atoms with Gasteiger partial charge in [0.1, 0.15) is 5.65 Å². The summed E-state index contributed by atoms with van der Waals surface area (Å²) in [6.45, 7) is 2.25.